The summed E-state index contributed by atoms with van der Waals surface area (Å²) in [6.45, 7) is 2.13. The van der Waals surface area contributed by atoms with Crippen LogP contribution in [-0.2, 0) is 10.0 Å². The van der Waals surface area contributed by atoms with Gasteiger partial charge in [0.1, 0.15) is 5.75 Å². The molecule has 0 aliphatic heterocycles. The van der Waals surface area contributed by atoms with E-state index in [0.29, 0.717) is 11.1 Å². The lowest BCUT2D eigenvalue weighted by atomic mass is 10.2. The first-order chi connectivity index (χ1) is 10.7. The van der Waals surface area contributed by atoms with Crippen LogP contribution < -0.4 is 9.46 Å². The van der Waals surface area contributed by atoms with Gasteiger partial charge in [-0.1, -0.05) is 18.2 Å². The molecule has 0 unspecified atom stereocenters. The summed E-state index contributed by atoms with van der Waals surface area (Å²) in [6, 6.07) is 9.33. The van der Waals surface area contributed by atoms with Gasteiger partial charge in [-0.15, -0.1) is 0 Å². The molecular formula is C16H17F2NO3S. The van der Waals surface area contributed by atoms with Crippen molar-refractivity contribution in [3.63, 3.8) is 0 Å². The number of halogens is 2. The van der Waals surface area contributed by atoms with Crippen LogP contribution in [0.1, 0.15) is 16.7 Å². The minimum atomic E-state index is -3.92. The van der Waals surface area contributed by atoms with Crippen LogP contribution in [0.4, 0.5) is 14.5 Å². The predicted octanol–water partition coefficient (Wildman–Crippen LogP) is 4.01. The summed E-state index contributed by atoms with van der Waals surface area (Å²) in [6.07, 6.45) is 0. The van der Waals surface area contributed by atoms with Gasteiger partial charge in [-0.05, 0) is 55.7 Å². The number of aryl methyl sites for hydroxylation is 3. The summed E-state index contributed by atoms with van der Waals surface area (Å²) in [7, 11) is -3.92. The SMILES string of the molecule is Cc1ccc(OC(F)F)c(NS(=O)(=O)c2cc(C)ccc2C)c1. The summed E-state index contributed by atoms with van der Waals surface area (Å²) >= 11 is 0. The van der Waals surface area contributed by atoms with E-state index < -0.39 is 16.6 Å². The molecule has 0 heterocycles. The molecule has 2 rings (SSSR count). The van der Waals surface area contributed by atoms with Gasteiger partial charge >= 0.3 is 6.61 Å². The Bertz CT molecular complexity index is 820. The van der Waals surface area contributed by atoms with E-state index in [2.05, 4.69) is 9.46 Å². The third-order valence-corrected chi connectivity index (χ3v) is 4.74. The monoisotopic (exact) mass is 341 g/mol. The van der Waals surface area contributed by atoms with Crippen molar-refractivity contribution in [3.8, 4) is 5.75 Å². The summed E-state index contributed by atoms with van der Waals surface area (Å²) in [4.78, 5) is 0.0991. The Morgan fingerprint density at radius 3 is 2.26 bits per heavy atom. The topological polar surface area (TPSA) is 55.4 Å². The van der Waals surface area contributed by atoms with Gasteiger partial charge in [0.2, 0.25) is 0 Å². The zero-order valence-corrected chi connectivity index (χ0v) is 13.7. The van der Waals surface area contributed by atoms with Crippen LogP contribution in [0.5, 0.6) is 5.75 Å². The lowest BCUT2D eigenvalue weighted by Crippen LogP contribution is -2.16. The van der Waals surface area contributed by atoms with Crippen molar-refractivity contribution in [2.24, 2.45) is 0 Å². The molecule has 1 N–H and O–H groups in total. The first kappa shape index (κ1) is 17.2. The van der Waals surface area contributed by atoms with Gasteiger partial charge in [-0.2, -0.15) is 8.78 Å². The number of sulfonamides is 1. The van der Waals surface area contributed by atoms with Crippen molar-refractivity contribution in [1.82, 2.24) is 0 Å². The van der Waals surface area contributed by atoms with Gasteiger partial charge < -0.3 is 4.74 Å². The van der Waals surface area contributed by atoms with E-state index in [1.807, 2.05) is 0 Å². The number of rotatable bonds is 5. The Morgan fingerprint density at radius 2 is 1.61 bits per heavy atom. The Kier molecular flexibility index (Phi) is 4.89. The Hall–Kier alpha value is -2.15. The highest BCUT2D eigenvalue weighted by Crippen LogP contribution is 2.30. The lowest BCUT2D eigenvalue weighted by Gasteiger charge is -2.15. The van der Waals surface area contributed by atoms with E-state index in [-0.39, 0.29) is 16.3 Å². The van der Waals surface area contributed by atoms with Gasteiger partial charge in [-0.3, -0.25) is 4.72 Å². The fourth-order valence-corrected chi connectivity index (χ4v) is 3.51. The molecule has 0 aliphatic rings. The zero-order chi connectivity index (χ0) is 17.2. The van der Waals surface area contributed by atoms with Crippen molar-refractivity contribution in [2.75, 3.05) is 4.72 Å². The fraction of sp³-hybridized carbons (Fsp3) is 0.250. The first-order valence-corrected chi connectivity index (χ1v) is 8.33. The summed E-state index contributed by atoms with van der Waals surface area (Å²) < 4.78 is 56.8. The fourth-order valence-electron chi connectivity index (χ4n) is 2.12. The van der Waals surface area contributed by atoms with Crippen LogP contribution in [0.2, 0.25) is 0 Å². The van der Waals surface area contributed by atoms with Crippen LogP contribution in [0.25, 0.3) is 0 Å². The number of hydrogen-bond donors (Lipinski definition) is 1. The molecule has 0 aromatic heterocycles. The maximum absolute atomic E-state index is 12.6. The highest BCUT2D eigenvalue weighted by molar-refractivity contribution is 7.92. The summed E-state index contributed by atoms with van der Waals surface area (Å²) in [5, 5.41) is 0. The van der Waals surface area contributed by atoms with Crippen molar-refractivity contribution in [1.29, 1.82) is 0 Å². The predicted molar refractivity (Wildman–Crippen MR) is 84.5 cm³/mol. The van der Waals surface area contributed by atoms with E-state index in [9.17, 15) is 17.2 Å². The highest BCUT2D eigenvalue weighted by atomic mass is 32.2. The van der Waals surface area contributed by atoms with Crippen molar-refractivity contribution >= 4 is 15.7 Å². The third kappa shape index (κ3) is 4.19. The minimum Gasteiger partial charge on any atom is -0.433 e. The molecule has 0 saturated carbocycles. The second-order valence-electron chi connectivity index (χ2n) is 5.25. The Balaban J connectivity index is 2.44. The Labute approximate surface area is 134 Å². The molecule has 2 aromatic rings. The number of anilines is 1. The number of benzene rings is 2. The van der Waals surface area contributed by atoms with Gasteiger partial charge in [0, 0.05) is 0 Å². The molecule has 2 aromatic carbocycles. The maximum atomic E-state index is 12.6. The van der Waals surface area contributed by atoms with Crippen LogP contribution in [0.15, 0.2) is 41.3 Å². The van der Waals surface area contributed by atoms with E-state index in [1.54, 1.807) is 39.0 Å². The lowest BCUT2D eigenvalue weighted by molar-refractivity contribution is -0.0493. The van der Waals surface area contributed by atoms with Crippen LogP contribution in [-0.4, -0.2) is 15.0 Å². The standard InChI is InChI=1S/C16H17F2NO3S/c1-10-5-7-14(22-16(17)18)13(8-10)19-23(20,21)15-9-11(2)4-6-12(15)3/h4-9,16,19H,1-3H3. The summed E-state index contributed by atoms with van der Waals surface area (Å²) in [5.41, 5.74) is 2.04. The number of ether oxygens (including phenoxy) is 1. The zero-order valence-electron chi connectivity index (χ0n) is 12.9. The van der Waals surface area contributed by atoms with E-state index in [4.69, 9.17) is 0 Å². The highest BCUT2D eigenvalue weighted by Gasteiger charge is 2.20. The third-order valence-electron chi connectivity index (χ3n) is 3.23. The molecule has 0 radical (unpaired) electrons. The van der Waals surface area contributed by atoms with Gasteiger partial charge in [0.05, 0.1) is 10.6 Å². The summed E-state index contributed by atoms with van der Waals surface area (Å²) in [5.74, 6) is -0.223. The number of hydrogen-bond acceptors (Lipinski definition) is 3. The molecule has 0 bridgehead atoms. The quantitative estimate of drug-likeness (QED) is 0.894. The van der Waals surface area contributed by atoms with Crippen LogP contribution >= 0.6 is 0 Å². The average molecular weight is 341 g/mol. The van der Waals surface area contributed by atoms with Gasteiger partial charge in [-0.25, -0.2) is 8.42 Å². The molecule has 0 aliphatic carbocycles. The van der Waals surface area contributed by atoms with Gasteiger partial charge in [0.25, 0.3) is 10.0 Å². The Morgan fingerprint density at radius 1 is 1.00 bits per heavy atom. The molecule has 0 saturated heterocycles. The first-order valence-electron chi connectivity index (χ1n) is 6.84. The molecule has 23 heavy (non-hydrogen) atoms. The molecule has 0 spiro atoms. The maximum Gasteiger partial charge on any atom is 0.387 e. The normalized spacial score (nSPS) is 11.6. The molecular weight excluding hydrogens is 324 g/mol. The average Bonchev–Trinajstić information content (AvgIpc) is 2.43. The van der Waals surface area contributed by atoms with Gasteiger partial charge in [0.15, 0.2) is 0 Å². The second kappa shape index (κ2) is 6.54. The molecule has 0 amide bonds. The van der Waals surface area contributed by atoms with Crippen molar-refractivity contribution in [2.45, 2.75) is 32.3 Å². The van der Waals surface area contributed by atoms with E-state index >= 15 is 0 Å². The molecule has 4 nitrogen and oxygen atoms in total. The van der Waals surface area contributed by atoms with E-state index in [1.165, 1.54) is 18.2 Å². The van der Waals surface area contributed by atoms with Crippen LogP contribution in [0.3, 0.4) is 0 Å². The number of alkyl halides is 2. The van der Waals surface area contributed by atoms with Crippen molar-refractivity contribution < 1.29 is 21.9 Å². The minimum absolute atomic E-state index is 0.0220. The molecule has 0 atom stereocenters. The van der Waals surface area contributed by atoms with Crippen molar-refractivity contribution in [3.05, 3.63) is 53.1 Å². The molecule has 124 valence electrons. The smallest absolute Gasteiger partial charge is 0.387 e. The van der Waals surface area contributed by atoms with Crippen LogP contribution in [0, 0.1) is 20.8 Å². The second-order valence-corrected chi connectivity index (χ2v) is 6.90. The largest absolute Gasteiger partial charge is 0.433 e. The molecule has 0 fully saturated rings. The number of nitrogens with one attached hydrogen (secondary N) is 1. The molecule has 7 heteroatoms. The van der Waals surface area contributed by atoms with E-state index in [0.717, 1.165) is 5.56 Å².